The van der Waals surface area contributed by atoms with Crippen molar-refractivity contribution < 1.29 is 9.90 Å². The zero-order valence-electron chi connectivity index (χ0n) is 13.4. The minimum atomic E-state index is -1.26. The van der Waals surface area contributed by atoms with E-state index < -0.39 is 5.60 Å². The number of hydrogen-bond acceptors (Lipinski definition) is 3. The van der Waals surface area contributed by atoms with Gasteiger partial charge in [-0.1, -0.05) is 30.2 Å². The second-order valence-corrected chi connectivity index (χ2v) is 7.35. The fourth-order valence-corrected chi connectivity index (χ4v) is 3.66. The van der Waals surface area contributed by atoms with Gasteiger partial charge in [0.15, 0.2) is 5.60 Å². The molecule has 1 saturated carbocycles. The summed E-state index contributed by atoms with van der Waals surface area (Å²) in [4.78, 5) is 14.5. The Morgan fingerprint density at radius 1 is 1.35 bits per heavy atom. The average molecular weight is 337 g/mol. The van der Waals surface area contributed by atoms with E-state index in [0.29, 0.717) is 30.5 Å². The summed E-state index contributed by atoms with van der Waals surface area (Å²) in [6.45, 7) is 2.49. The molecule has 0 bridgehead atoms. The molecule has 4 nitrogen and oxygen atoms in total. The minimum absolute atomic E-state index is 0.103. The molecule has 1 aromatic rings. The molecule has 5 heteroatoms. The number of carbonyl (C=O) groups excluding carboxylic acids is 1. The Kier molecular flexibility index (Phi) is 5.24. The first-order chi connectivity index (χ1) is 11.1. The van der Waals surface area contributed by atoms with Gasteiger partial charge in [0, 0.05) is 31.2 Å². The Labute approximate surface area is 142 Å². The zero-order chi connectivity index (χ0) is 16.3. The van der Waals surface area contributed by atoms with Gasteiger partial charge in [0.2, 0.25) is 0 Å². The van der Waals surface area contributed by atoms with Gasteiger partial charge in [0.05, 0.1) is 0 Å². The van der Waals surface area contributed by atoms with Gasteiger partial charge in [-0.05, 0) is 49.3 Å². The molecule has 2 fully saturated rings. The van der Waals surface area contributed by atoms with Crippen molar-refractivity contribution in [3.05, 3.63) is 34.9 Å². The van der Waals surface area contributed by atoms with Gasteiger partial charge in [-0.3, -0.25) is 4.79 Å². The molecular weight excluding hydrogens is 312 g/mol. The fraction of sp³-hybridized carbons (Fsp3) is 0.611. The number of rotatable bonds is 6. The number of nitrogens with one attached hydrogen (secondary N) is 1. The van der Waals surface area contributed by atoms with Crippen LogP contribution in [0.4, 0.5) is 0 Å². The van der Waals surface area contributed by atoms with E-state index in [4.69, 9.17) is 11.6 Å². The highest BCUT2D eigenvalue weighted by molar-refractivity contribution is 6.30. The van der Waals surface area contributed by atoms with Crippen molar-refractivity contribution in [3.8, 4) is 0 Å². The summed E-state index contributed by atoms with van der Waals surface area (Å²) in [5.74, 6) is 0.537. The van der Waals surface area contributed by atoms with E-state index in [0.717, 1.165) is 25.1 Å². The standard InChI is InChI=1S/C18H25ClN2O2/c19-16-7-2-6-15(10-16)11-20-13-18(23)8-3-9-21(17(18)22)12-14-4-1-5-14/h2,6-7,10,14,20,23H,1,3-5,8-9,11-13H2. The molecule has 2 aliphatic rings. The summed E-state index contributed by atoms with van der Waals surface area (Å²) >= 11 is 5.97. The molecule has 1 atom stereocenters. The molecule has 1 unspecified atom stereocenters. The van der Waals surface area contributed by atoms with Crippen molar-refractivity contribution in [1.29, 1.82) is 0 Å². The molecule has 0 aromatic heterocycles. The Balaban J connectivity index is 1.53. The third-order valence-corrected chi connectivity index (χ3v) is 5.28. The Bertz CT molecular complexity index is 562. The van der Waals surface area contributed by atoms with Gasteiger partial charge < -0.3 is 15.3 Å². The first kappa shape index (κ1) is 16.7. The van der Waals surface area contributed by atoms with E-state index in [2.05, 4.69) is 5.32 Å². The highest BCUT2D eigenvalue weighted by Crippen LogP contribution is 2.30. The van der Waals surface area contributed by atoms with Crippen LogP contribution in [0.25, 0.3) is 0 Å². The SMILES string of the molecule is O=C1N(CC2CCC2)CCCC1(O)CNCc1cccc(Cl)c1. The van der Waals surface area contributed by atoms with E-state index in [9.17, 15) is 9.90 Å². The van der Waals surface area contributed by atoms with Crippen LogP contribution in [0.2, 0.25) is 5.02 Å². The summed E-state index contributed by atoms with van der Waals surface area (Å²) in [6.07, 6.45) is 5.12. The van der Waals surface area contributed by atoms with Crippen LogP contribution in [0.5, 0.6) is 0 Å². The largest absolute Gasteiger partial charge is 0.379 e. The van der Waals surface area contributed by atoms with Gasteiger partial charge in [-0.25, -0.2) is 0 Å². The molecule has 1 amide bonds. The monoisotopic (exact) mass is 336 g/mol. The van der Waals surface area contributed by atoms with Crippen molar-refractivity contribution in [2.45, 2.75) is 44.2 Å². The fourth-order valence-electron chi connectivity index (χ4n) is 3.45. The summed E-state index contributed by atoms with van der Waals surface area (Å²) in [6, 6.07) is 7.61. The number of nitrogens with zero attached hydrogens (tertiary/aromatic N) is 1. The van der Waals surface area contributed by atoms with E-state index in [1.807, 2.05) is 29.2 Å². The van der Waals surface area contributed by atoms with Crippen molar-refractivity contribution in [2.75, 3.05) is 19.6 Å². The predicted octanol–water partition coefficient (Wildman–Crippen LogP) is 2.58. The number of carbonyl (C=O) groups is 1. The Hall–Kier alpha value is -1.10. The minimum Gasteiger partial charge on any atom is -0.379 e. The second kappa shape index (κ2) is 7.20. The molecule has 1 heterocycles. The second-order valence-electron chi connectivity index (χ2n) is 6.92. The lowest BCUT2D eigenvalue weighted by Gasteiger charge is -2.41. The molecular formula is C18H25ClN2O2. The Morgan fingerprint density at radius 3 is 2.87 bits per heavy atom. The highest BCUT2D eigenvalue weighted by Gasteiger charge is 2.42. The molecule has 2 N–H and O–H groups in total. The summed E-state index contributed by atoms with van der Waals surface area (Å²) in [5, 5.41) is 14.7. The third kappa shape index (κ3) is 4.06. The van der Waals surface area contributed by atoms with E-state index >= 15 is 0 Å². The van der Waals surface area contributed by atoms with E-state index in [-0.39, 0.29) is 5.91 Å². The number of likely N-dealkylation sites (tertiary alicyclic amines) is 1. The van der Waals surface area contributed by atoms with Crippen LogP contribution < -0.4 is 5.32 Å². The van der Waals surface area contributed by atoms with Gasteiger partial charge in [0.1, 0.15) is 0 Å². The maximum absolute atomic E-state index is 12.6. The van der Waals surface area contributed by atoms with Gasteiger partial charge in [0.25, 0.3) is 5.91 Å². The topological polar surface area (TPSA) is 52.6 Å². The Morgan fingerprint density at radius 2 is 2.17 bits per heavy atom. The van der Waals surface area contributed by atoms with Gasteiger partial charge in [-0.2, -0.15) is 0 Å². The van der Waals surface area contributed by atoms with Crippen molar-refractivity contribution in [3.63, 3.8) is 0 Å². The normalized spacial score (nSPS) is 25.5. The molecule has 23 heavy (non-hydrogen) atoms. The molecule has 1 aliphatic carbocycles. The molecule has 1 saturated heterocycles. The number of hydrogen-bond donors (Lipinski definition) is 2. The maximum Gasteiger partial charge on any atom is 0.255 e. The lowest BCUT2D eigenvalue weighted by atomic mass is 9.83. The van der Waals surface area contributed by atoms with Crippen molar-refractivity contribution in [2.24, 2.45) is 5.92 Å². The molecule has 126 valence electrons. The van der Waals surface area contributed by atoms with Gasteiger partial charge in [-0.15, -0.1) is 0 Å². The van der Waals surface area contributed by atoms with Crippen LogP contribution in [0, 0.1) is 5.92 Å². The lowest BCUT2D eigenvalue weighted by molar-refractivity contribution is -0.157. The van der Waals surface area contributed by atoms with Gasteiger partial charge >= 0.3 is 0 Å². The highest BCUT2D eigenvalue weighted by atomic mass is 35.5. The van der Waals surface area contributed by atoms with Crippen LogP contribution in [-0.2, 0) is 11.3 Å². The zero-order valence-corrected chi connectivity index (χ0v) is 14.2. The first-order valence-electron chi connectivity index (χ1n) is 8.54. The number of benzene rings is 1. The van der Waals surface area contributed by atoms with E-state index in [1.54, 1.807) is 0 Å². The average Bonchev–Trinajstić information content (AvgIpc) is 2.47. The molecule has 0 radical (unpaired) electrons. The smallest absolute Gasteiger partial charge is 0.255 e. The molecule has 1 aromatic carbocycles. The summed E-state index contributed by atoms with van der Waals surface area (Å²) < 4.78 is 0. The quantitative estimate of drug-likeness (QED) is 0.839. The molecule has 0 spiro atoms. The number of amides is 1. The van der Waals surface area contributed by atoms with Crippen LogP contribution in [0.15, 0.2) is 24.3 Å². The molecule has 1 aliphatic heterocycles. The number of aliphatic hydroxyl groups is 1. The number of halogens is 1. The predicted molar refractivity (Wildman–Crippen MR) is 91.3 cm³/mol. The third-order valence-electron chi connectivity index (χ3n) is 5.04. The maximum atomic E-state index is 12.6. The first-order valence-corrected chi connectivity index (χ1v) is 8.91. The number of piperidine rings is 1. The van der Waals surface area contributed by atoms with Crippen molar-refractivity contribution in [1.82, 2.24) is 10.2 Å². The lowest BCUT2D eigenvalue weighted by Crippen LogP contribution is -2.58. The van der Waals surface area contributed by atoms with Crippen LogP contribution >= 0.6 is 11.6 Å². The summed E-state index contributed by atoms with van der Waals surface area (Å²) in [7, 11) is 0. The van der Waals surface area contributed by atoms with Crippen LogP contribution in [-0.4, -0.2) is 41.1 Å². The van der Waals surface area contributed by atoms with Crippen molar-refractivity contribution >= 4 is 17.5 Å². The van der Waals surface area contributed by atoms with E-state index in [1.165, 1.54) is 19.3 Å². The summed E-state index contributed by atoms with van der Waals surface area (Å²) in [5.41, 5.74) is -0.212. The van der Waals surface area contributed by atoms with Crippen LogP contribution in [0.1, 0.15) is 37.7 Å². The van der Waals surface area contributed by atoms with Crippen LogP contribution in [0.3, 0.4) is 0 Å². The molecule has 3 rings (SSSR count).